The highest BCUT2D eigenvalue weighted by Gasteiger charge is 2.22. The zero-order valence-electron chi connectivity index (χ0n) is 16.1. The van der Waals surface area contributed by atoms with Crippen LogP contribution in [0.15, 0.2) is 34.2 Å². The normalized spacial score (nSPS) is 12.5. The van der Waals surface area contributed by atoms with Crippen molar-refractivity contribution in [1.82, 2.24) is 9.55 Å². The Labute approximate surface area is 176 Å². The molecule has 8 heteroatoms. The van der Waals surface area contributed by atoms with E-state index in [0.717, 1.165) is 10.4 Å². The third kappa shape index (κ3) is 4.17. The minimum atomic E-state index is -0.418. The standard InChI is InChI=1S/C20H21ClN2O3S2/c1-11-12(2)27-18-16(11)19(25)23(8-9-26-4)20(22-18)28-13(3)17(24)14-6-5-7-15(21)10-14/h5-7,10,13H,8-9H2,1-4H3. The minimum Gasteiger partial charge on any atom is -0.383 e. The number of halogens is 1. The summed E-state index contributed by atoms with van der Waals surface area (Å²) in [6, 6.07) is 6.88. The lowest BCUT2D eigenvalue weighted by Crippen LogP contribution is -2.26. The number of rotatable bonds is 7. The van der Waals surface area contributed by atoms with Gasteiger partial charge in [0.05, 0.1) is 23.8 Å². The van der Waals surface area contributed by atoms with Crippen molar-refractivity contribution >= 4 is 50.7 Å². The fraction of sp³-hybridized carbons (Fsp3) is 0.350. The third-order valence-electron chi connectivity index (χ3n) is 4.53. The van der Waals surface area contributed by atoms with E-state index in [1.165, 1.54) is 23.1 Å². The van der Waals surface area contributed by atoms with Gasteiger partial charge in [0.1, 0.15) is 4.83 Å². The average Bonchev–Trinajstić information content (AvgIpc) is 2.94. The molecule has 0 aliphatic rings. The van der Waals surface area contributed by atoms with Gasteiger partial charge in [0.15, 0.2) is 10.9 Å². The number of fused-ring (bicyclic) bond motifs is 1. The van der Waals surface area contributed by atoms with E-state index in [-0.39, 0.29) is 11.3 Å². The van der Waals surface area contributed by atoms with E-state index < -0.39 is 5.25 Å². The van der Waals surface area contributed by atoms with Crippen molar-refractivity contribution in [3.05, 3.63) is 55.6 Å². The Kier molecular flexibility index (Phi) is 6.60. The van der Waals surface area contributed by atoms with Crippen LogP contribution in [0.2, 0.25) is 5.02 Å². The number of hydrogen-bond donors (Lipinski definition) is 0. The molecule has 0 bridgehead atoms. The first kappa shape index (κ1) is 21.0. The monoisotopic (exact) mass is 436 g/mol. The first-order valence-electron chi connectivity index (χ1n) is 8.79. The fourth-order valence-electron chi connectivity index (χ4n) is 2.87. The first-order chi connectivity index (χ1) is 13.3. The maximum absolute atomic E-state index is 13.1. The molecule has 0 radical (unpaired) electrons. The summed E-state index contributed by atoms with van der Waals surface area (Å²) in [6.07, 6.45) is 0. The van der Waals surface area contributed by atoms with Crippen LogP contribution in [0.25, 0.3) is 10.2 Å². The molecule has 28 heavy (non-hydrogen) atoms. The maximum Gasteiger partial charge on any atom is 0.263 e. The van der Waals surface area contributed by atoms with Crippen LogP contribution in [0.5, 0.6) is 0 Å². The van der Waals surface area contributed by atoms with Crippen molar-refractivity contribution in [1.29, 1.82) is 0 Å². The molecule has 1 aromatic carbocycles. The molecule has 2 heterocycles. The van der Waals surface area contributed by atoms with E-state index in [1.807, 2.05) is 20.8 Å². The van der Waals surface area contributed by atoms with Crippen molar-refractivity contribution in [2.24, 2.45) is 0 Å². The number of aryl methyl sites for hydroxylation is 2. The van der Waals surface area contributed by atoms with Gasteiger partial charge in [0.2, 0.25) is 0 Å². The molecule has 5 nitrogen and oxygen atoms in total. The van der Waals surface area contributed by atoms with Crippen molar-refractivity contribution < 1.29 is 9.53 Å². The maximum atomic E-state index is 13.1. The summed E-state index contributed by atoms with van der Waals surface area (Å²) in [5.41, 5.74) is 1.42. The number of methoxy groups -OCH3 is 1. The van der Waals surface area contributed by atoms with Crippen LogP contribution in [0.3, 0.4) is 0 Å². The van der Waals surface area contributed by atoms with Crippen molar-refractivity contribution in [2.45, 2.75) is 37.7 Å². The highest BCUT2D eigenvalue weighted by atomic mass is 35.5. The number of ether oxygens (including phenoxy) is 1. The van der Waals surface area contributed by atoms with Crippen molar-refractivity contribution in [3.8, 4) is 0 Å². The Morgan fingerprint density at radius 2 is 2.14 bits per heavy atom. The van der Waals surface area contributed by atoms with Crippen molar-refractivity contribution in [2.75, 3.05) is 13.7 Å². The minimum absolute atomic E-state index is 0.0568. The lowest BCUT2D eigenvalue weighted by Gasteiger charge is -2.15. The highest BCUT2D eigenvalue weighted by Crippen LogP contribution is 2.30. The van der Waals surface area contributed by atoms with Gasteiger partial charge in [0, 0.05) is 22.6 Å². The summed E-state index contributed by atoms with van der Waals surface area (Å²) in [5.74, 6) is -0.0568. The number of thiophene rings is 1. The third-order valence-corrected chi connectivity index (χ3v) is 6.96. The van der Waals surface area contributed by atoms with E-state index in [4.69, 9.17) is 21.3 Å². The second-order valence-electron chi connectivity index (χ2n) is 6.44. The summed E-state index contributed by atoms with van der Waals surface area (Å²) in [7, 11) is 1.59. The Hall–Kier alpha value is -1.67. The van der Waals surface area contributed by atoms with Crippen LogP contribution in [-0.2, 0) is 11.3 Å². The summed E-state index contributed by atoms with van der Waals surface area (Å²) < 4.78 is 6.77. The summed E-state index contributed by atoms with van der Waals surface area (Å²) >= 11 is 8.80. The molecule has 0 fully saturated rings. The Morgan fingerprint density at radius 3 is 2.82 bits per heavy atom. The van der Waals surface area contributed by atoms with E-state index >= 15 is 0 Å². The summed E-state index contributed by atoms with van der Waals surface area (Å²) in [5, 5.41) is 1.28. The van der Waals surface area contributed by atoms with Gasteiger partial charge in [-0.1, -0.05) is 35.5 Å². The molecular formula is C20H21ClN2O3S2. The molecule has 0 spiro atoms. The second kappa shape index (κ2) is 8.78. The molecule has 2 aromatic heterocycles. The zero-order chi connectivity index (χ0) is 20.4. The van der Waals surface area contributed by atoms with Crippen LogP contribution < -0.4 is 5.56 Å². The molecule has 3 rings (SSSR count). The summed E-state index contributed by atoms with van der Waals surface area (Å²) in [6.45, 7) is 6.51. The van der Waals surface area contributed by atoms with E-state index in [2.05, 4.69) is 0 Å². The number of ketones is 1. The van der Waals surface area contributed by atoms with Gasteiger partial charge in [-0.2, -0.15) is 0 Å². The van der Waals surface area contributed by atoms with E-state index in [0.29, 0.717) is 39.1 Å². The number of carbonyl (C=O) groups excluding carboxylic acids is 1. The Balaban J connectivity index is 2.01. The number of hydrogen-bond acceptors (Lipinski definition) is 6. The predicted molar refractivity (Wildman–Crippen MR) is 116 cm³/mol. The van der Waals surface area contributed by atoms with Gasteiger partial charge in [-0.3, -0.25) is 14.2 Å². The number of thioether (sulfide) groups is 1. The fourth-order valence-corrected chi connectivity index (χ4v) is 5.14. The van der Waals surface area contributed by atoms with Gasteiger partial charge < -0.3 is 4.74 Å². The zero-order valence-corrected chi connectivity index (χ0v) is 18.5. The van der Waals surface area contributed by atoms with Gasteiger partial charge >= 0.3 is 0 Å². The predicted octanol–water partition coefficient (Wildman–Crippen LogP) is 4.74. The molecule has 0 amide bonds. The van der Waals surface area contributed by atoms with Gasteiger partial charge in [-0.25, -0.2) is 4.98 Å². The SMILES string of the molecule is COCCn1c(SC(C)C(=O)c2cccc(Cl)c2)nc2sc(C)c(C)c2c1=O. The van der Waals surface area contributed by atoms with Crippen LogP contribution in [0.1, 0.15) is 27.7 Å². The second-order valence-corrected chi connectivity index (χ2v) is 9.39. The number of nitrogens with zero attached hydrogens (tertiary/aromatic N) is 2. The largest absolute Gasteiger partial charge is 0.383 e. The van der Waals surface area contributed by atoms with Crippen LogP contribution >= 0.6 is 34.7 Å². The molecule has 0 saturated heterocycles. The number of aromatic nitrogens is 2. The van der Waals surface area contributed by atoms with Crippen LogP contribution in [0, 0.1) is 13.8 Å². The topological polar surface area (TPSA) is 61.2 Å². The average molecular weight is 437 g/mol. The van der Waals surface area contributed by atoms with Gasteiger partial charge in [-0.05, 0) is 38.5 Å². The number of carbonyl (C=O) groups is 1. The molecule has 148 valence electrons. The smallest absolute Gasteiger partial charge is 0.263 e. The first-order valence-corrected chi connectivity index (χ1v) is 10.9. The highest BCUT2D eigenvalue weighted by molar-refractivity contribution is 8.00. The molecule has 1 unspecified atom stereocenters. The van der Waals surface area contributed by atoms with Gasteiger partial charge in [-0.15, -0.1) is 11.3 Å². The molecule has 0 aliphatic carbocycles. The number of Topliss-reactive ketones (excluding diaryl/α,β-unsaturated/α-hetero) is 1. The number of benzene rings is 1. The summed E-state index contributed by atoms with van der Waals surface area (Å²) in [4.78, 5) is 32.4. The molecular weight excluding hydrogens is 416 g/mol. The van der Waals surface area contributed by atoms with Crippen LogP contribution in [-0.4, -0.2) is 34.3 Å². The quantitative estimate of drug-likeness (QED) is 0.304. The van der Waals surface area contributed by atoms with E-state index in [1.54, 1.807) is 35.9 Å². The Bertz CT molecular complexity index is 1090. The lowest BCUT2D eigenvalue weighted by atomic mass is 10.1. The molecule has 0 N–H and O–H groups in total. The molecule has 3 aromatic rings. The van der Waals surface area contributed by atoms with E-state index in [9.17, 15) is 9.59 Å². The Morgan fingerprint density at radius 1 is 1.39 bits per heavy atom. The molecule has 0 aliphatic heterocycles. The van der Waals surface area contributed by atoms with Crippen LogP contribution in [0.4, 0.5) is 0 Å². The van der Waals surface area contributed by atoms with Crippen molar-refractivity contribution in [3.63, 3.8) is 0 Å². The molecule has 0 saturated carbocycles. The molecule has 1 atom stereocenters. The van der Waals surface area contributed by atoms with Gasteiger partial charge in [0.25, 0.3) is 5.56 Å². The lowest BCUT2D eigenvalue weighted by molar-refractivity contribution is 0.0994.